The average molecular weight is 296 g/mol. The molecular formula is C19H20O3. The van der Waals surface area contributed by atoms with Gasteiger partial charge in [-0.25, -0.2) is 0 Å². The van der Waals surface area contributed by atoms with Gasteiger partial charge in [-0.05, 0) is 17.0 Å². The van der Waals surface area contributed by atoms with Crippen LogP contribution in [0.3, 0.4) is 0 Å². The standard InChI is InChI=1S/C19H20O3/c1-14(2)16-8-10-17(11-9-16)18(20)13-22-19(21)12-15-6-4-3-5-7-15/h3-11,14H,12-13H2,1-2H3. The van der Waals surface area contributed by atoms with Crippen LogP contribution in [0.4, 0.5) is 0 Å². The lowest BCUT2D eigenvalue weighted by Gasteiger charge is -2.07. The van der Waals surface area contributed by atoms with Crippen molar-refractivity contribution >= 4 is 11.8 Å². The molecule has 0 bridgehead atoms. The molecule has 0 N–H and O–H groups in total. The molecule has 3 heteroatoms. The van der Waals surface area contributed by atoms with Crippen molar-refractivity contribution in [3.8, 4) is 0 Å². The molecule has 2 aromatic carbocycles. The number of rotatable bonds is 6. The molecule has 0 aliphatic rings. The maximum absolute atomic E-state index is 12.0. The van der Waals surface area contributed by atoms with E-state index < -0.39 is 5.97 Å². The van der Waals surface area contributed by atoms with Crippen molar-refractivity contribution in [1.29, 1.82) is 0 Å². The highest BCUT2D eigenvalue weighted by molar-refractivity contribution is 5.98. The van der Waals surface area contributed by atoms with E-state index in [4.69, 9.17) is 4.74 Å². The SMILES string of the molecule is CC(C)c1ccc(C(=O)COC(=O)Cc2ccccc2)cc1. The molecule has 0 aliphatic carbocycles. The van der Waals surface area contributed by atoms with Crippen LogP contribution in [0.25, 0.3) is 0 Å². The average Bonchev–Trinajstić information content (AvgIpc) is 2.53. The van der Waals surface area contributed by atoms with Gasteiger partial charge in [-0.2, -0.15) is 0 Å². The number of hydrogen-bond donors (Lipinski definition) is 0. The first-order valence-electron chi connectivity index (χ1n) is 7.39. The number of Topliss-reactive ketones (excluding diaryl/α,β-unsaturated/α-hetero) is 1. The van der Waals surface area contributed by atoms with Crippen LogP contribution in [0.1, 0.15) is 41.3 Å². The van der Waals surface area contributed by atoms with E-state index in [1.165, 1.54) is 5.56 Å². The lowest BCUT2D eigenvalue weighted by atomic mass is 10.0. The van der Waals surface area contributed by atoms with Crippen molar-refractivity contribution in [3.05, 3.63) is 71.3 Å². The molecule has 0 amide bonds. The lowest BCUT2D eigenvalue weighted by Crippen LogP contribution is -2.15. The van der Waals surface area contributed by atoms with Crippen LogP contribution < -0.4 is 0 Å². The Balaban J connectivity index is 1.85. The van der Waals surface area contributed by atoms with Gasteiger partial charge in [-0.3, -0.25) is 9.59 Å². The summed E-state index contributed by atoms with van der Waals surface area (Å²) in [6, 6.07) is 16.8. The second-order valence-corrected chi connectivity index (χ2v) is 5.52. The fourth-order valence-electron chi connectivity index (χ4n) is 2.10. The van der Waals surface area contributed by atoms with Crippen molar-refractivity contribution in [3.63, 3.8) is 0 Å². The van der Waals surface area contributed by atoms with Gasteiger partial charge in [0.15, 0.2) is 12.4 Å². The van der Waals surface area contributed by atoms with E-state index in [1.807, 2.05) is 42.5 Å². The number of carbonyl (C=O) groups is 2. The molecule has 0 heterocycles. The van der Waals surface area contributed by atoms with Crippen molar-refractivity contribution in [2.75, 3.05) is 6.61 Å². The smallest absolute Gasteiger partial charge is 0.310 e. The summed E-state index contributed by atoms with van der Waals surface area (Å²) in [7, 11) is 0. The topological polar surface area (TPSA) is 43.4 Å². The first-order valence-corrected chi connectivity index (χ1v) is 7.39. The molecule has 0 aliphatic heterocycles. The minimum absolute atomic E-state index is 0.181. The minimum atomic E-state index is -0.390. The van der Waals surface area contributed by atoms with E-state index >= 15 is 0 Å². The van der Waals surface area contributed by atoms with Crippen molar-refractivity contribution < 1.29 is 14.3 Å². The van der Waals surface area contributed by atoms with Crippen LogP contribution in [0.2, 0.25) is 0 Å². The van der Waals surface area contributed by atoms with Crippen LogP contribution >= 0.6 is 0 Å². The van der Waals surface area contributed by atoms with E-state index in [-0.39, 0.29) is 18.8 Å². The monoisotopic (exact) mass is 296 g/mol. The summed E-state index contributed by atoms with van der Waals surface area (Å²) in [6.45, 7) is 3.98. The normalized spacial score (nSPS) is 10.5. The van der Waals surface area contributed by atoms with Gasteiger partial charge >= 0.3 is 5.97 Å². The van der Waals surface area contributed by atoms with Gasteiger partial charge in [0.25, 0.3) is 0 Å². The summed E-state index contributed by atoms with van der Waals surface area (Å²) in [5.41, 5.74) is 2.62. The molecule has 114 valence electrons. The number of hydrogen-bond acceptors (Lipinski definition) is 3. The van der Waals surface area contributed by atoms with Crippen molar-refractivity contribution in [2.24, 2.45) is 0 Å². The highest BCUT2D eigenvalue weighted by Crippen LogP contribution is 2.15. The number of ether oxygens (including phenoxy) is 1. The zero-order valence-electron chi connectivity index (χ0n) is 12.9. The third-order valence-electron chi connectivity index (χ3n) is 3.45. The van der Waals surface area contributed by atoms with Crippen molar-refractivity contribution in [2.45, 2.75) is 26.2 Å². The second kappa shape index (κ2) is 7.55. The molecule has 0 saturated heterocycles. The quantitative estimate of drug-likeness (QED) is 0.602. The van der Waals surface area contributed by atoms with Gasteiger partial charge < -0.3 is 4.74 Å². The summed E-state index contributed by atoms with van der Waals surface area (Å²) < 4.78 is 5.05. The maximum atomic E-state index is 12.0. The highest BCUT2D eigenvalue weighted by atomic mass is 16.5. The first kappa shape index (κ1) is 16.0. The predicted octanol–water partition coefficient (Wildman–Crippen LogP) is 3.78. The minimum Gasteiger partial charge on any atom is -0.457 e. The summed E-state index contributed by atoms with van der Waals surface area (Å²) in [4.78, 5) is 23.7. The molecule has 2 aromatic rings. The molecule has 0 radical (unpaired) electrons. The van der Waals surface area contributed by atoms with Crippen LogP contribution in [0.5, 0.6) is 0 Å². The number of esters is 1. The van der Waals surface area contributed by atoms with Gasteiger partial charge in [0.2, 0.25) is 0 Å². The largest absolute Gasteiger partial charge is 0.457 e. The Morgan fingerprint density at radius 2 is 1.59 bits per heavy atom. The summed E-state index contributed by atoms with van der Waals surface area (Å²) in [6.07, 6.45) is 0.181. The Hall–Kier alpha value is -2.42. The Morgan fingerprint density at radius 3 is 2.18 bits per heavy atom. The summed E-state index contributed by atoms with van der Waals surface area (Å²) in [5.74, 6) is -0.150. The first-order chi connectivity index (χ1) is 10.6. The molecule has 3 nitrogen and oxygen atoms in total. The number of benzene rings is 2. The molecule has 0 fully saturated rings. The Morgan fingerprint density at radius 1 is 0.955 bits per heavy atom. The molecule has 0 unspecified atom stereocenters. The van der Waals surface area contributed by atoms with Gasteiger partial charge in [-0.1, -0.05) is 68.4 Å². The van der Waals surface area contributed by atoms with E-state index in [0.29, 0.717) is 11.5 Å². The van der Waals surface area contributed by atoms with E-state index in [2.05, 4.69) is 13.8 Å². The van der Waals surface area contributed by atoms with E-state index in [1.54, 1.807) is 12.1 Å². The molecule has 0 spiro atoms. The predicted molar refractivity (Wildman–Crippen MR) is 86.0 cm³/mol. The third-order valence-corrected chi connectivity index (χ3v) is 3.45. The van der Waals surface area contributed by atoms with Crippen LogP contribution in [-0.2, 0) is 16.0 Å². The fraction of sp³-hybridized carbons (Fsp3) is 0.263. The van der Waals surface area contributed by atoms with Gasteiger partial charge in [-0.15, -0.1) is 0 Å². The summed E-state index contributed by atoms with van der Waals surface area (Å²) in [5, 5.41) is 0. The maximum Gasteiger partial charge on any atom is 0.310 e. The van der Waals surface area contributed by atoms with Gasteiger partial charge in [0, 0.05) is 5.56 Å². The molecule has 0 atom stereocenters. The molecule has 0 aromatic heterocycles. The lowest BCUT2D eigenvalue weighted by molar-refractivity contribution is -0.141. The van der Waals surface area contributed by atoms with Crippen LogP contribution in [0, 0.1) is 0 Å². The Labute approximate surface area is 130 Å². The van der Waals surface area contributed by atoms with Crippen LogP contribution in [0.15, 0.2) is 54.6 Å². The zero-order valence-corrected chi connectivity index (χ0v) is 12.9. The number of carbonyl (C=O) groups excluding carboxylic acids is 2. The van der Waals surface area contributed by atoms with Crippen LogP contribution in [-0.4, -0.2) is 18.4 Å². The van der Waals surface area contributed by atoms with Crippen molar-refractivity contribution in [1.82, 2.24) is 0 Å². The second-order valence-electron chi connectivity index (χ2n) is 5.52. The van der Waals surface area contributed by atoms with Gasteiger partial charge in [0.1, 0.15) is 0 Å². The third kappa shape index (κ3) is 4.55. The summed E-state index contributed by atoms with van der Waals surface area (Å²) >= 11 is 0. The van der Waals surface area contributed by atoms with Gasteiger partial charge in [0.05, 0.1) is 6.42 Å². The molecule has 22 heavy (non-hydrogen) atoms. The Kier molecular flexibility index (Phi) is 5.48. The van der Waals surface area contributed by atoms with E-state index in [0.717, 1.165) is 5.56 Å². The zero-order chi connectivity index (χ0) is 15.9. The molecular weight excluding hydrogens is 276 g/mol. The van der Waals surface area contributed by atoms with E-state index in [9.17, 15) is 9.59 Å². The molecule has 2 rings (SSSR count). The Bertz CT molecular complexity index is 627. The highest BCUT2D eigenvalue weighted by Gasteiger charge is 2.11. The molecule has 0 saturated carbocycles. The number of ketones is 1. The fourth-order valence-corrected chi connectivity index (χ4v) is 2.10.